The minimum atomic E-state index is -0.775. The third-order valence-corrected chi connectivity index (χ3v) is 7.68. The second-order valence-corrected chi connectivity index (χ2v) is 11.6. The molecule has 0 spiro atoms. The third kappa shape index (κ3) is 5.11. The molecule has 1 aliphatic carbocycles. The van der Waals surface area contributed by atoms with Crippen LogP contribution in [-0.4, -0.2) is 61.7 Å². The first-order valence-electron chi connectivity index (χ1n) is 13.7. The molecule has 2 N–H and O–H groups in total. The van der Waals surface area contributed by atoms with E-state index in [4.69, 9.17) is 9.47 Å². The summed E-state index contributed by atoms with van der Waals surface area (Å²) in [5.74, 6) is -1.27. The van der Waals surface area contributed by atoms with E-state index in [1.54, 1.807) is 43.6 Å². The Kier molecular flexibility index (Phi) is 6.87. The molecule has 2 aliphatic heterocycles. The van der Waals surface area contributed by atoms with Gasteiger partial charge in [-0.05, 0) is 56.5 Å². The van der Waals surface area contributed by atoms with E-state index in [0.717, 1.165) is 22.5 Å². The SMILES string of the molecule is CC(C)(C)OC(=O)N1CC2C(c3cnc4cc(F)ccn34)=CC=C(Nc3ccc([C@@H]4CCOC4)c(CO)n3)C2C1=O. The topological polar surface area (TPSA) is 118 Å². The number of aliphatic hydroxyl groups excluding tert-OH is 1. The van der Waals surface area contributed by atoms with Gasteiger partial charge in [-0.25, -0.2) is 24.1 Å². The Labute approximate surface area is 236 Å². The molecule has 2 amide bonds. The highest BCUT2D eigenvalue weighted by molar-refractivity contribution is 6.00. The van der Waals surface area contributed by atoms with Crippen LogP contribution in [0, 0.1) is 17.7 Å². The van der Waals surface area contributed by atoms with Crippen molar-refractivity contribution in [2.45, 2.75) is 45.3 Å². The number of nitrogens with zero attached hydrogens (tertiary/aromatic N) is 4. The van der Waals surface area contributed by atoms with Gasteiger partial charge in [-0.2, -0.15) is 0 Å². The van der Waals surface area contributed by atoms with E-state index in [9.17, 15) is 19.1 Å². The number of nitrogens with one attached hydrogen (secondary N) is 1. The summed E-state index contributed by atoms with van der Waals surface area (Å²) in [6.45, 7) is 6.40. The molecule has 11 heteroatoms. The normalized spacial score (nSPS) is 22.5. The van der Waals surface area contributed by atoms with Crippen molar-refractivity contribution < 1.29 is 28.6 Å². The number of allylic oxidation sites excluding steroid dienone is 2. The molecule has 41 heavy (non-hydrogen) atoms. The van der Waals surface area contributed by atoms with Crippen molar-refractivity contribution in [3.05, 3.63) is 77.3 Å². The van der Waals surface area contributed by atoms with Crippen molar-refractivity contribution in [2.24, 2.45) is 11.8 Å². The highest BCUT2D eigenvalue weighted by atomic mass is 19.1. The molecule has 0 aromatic carbocycles. The van der Waals surface area contributed by atoms with E-state index in [0.29, 0.717) is 41.8 Å². The molecular weight excluding hydrogens is 529 g/mol. The summed E-state index contributed by atoms with van der Waals surface area (Å²) in [5.41, 5.74) is 3.23. The molecule has 2 saturated heterocycles. The zero-order chi connectivity index (χ0) is 28.9. The predicted molar refractivity (Wildman–Crippen MR) is 148 cm³/mol. The van der Waals surface area contributed by atoms with E-state index in [1.807, 2.05) is 18.2 Å². The summed E-state index contributed by atoms with van der Waals surface area (Å²) < 4.78 is 26.7. The van der Waals surface area contributed by atoms with E-state index in [2.05, 4.69) is 15.3 Å². The van der Waals surface area contributed by atoms with Crippen molar-refractivity contribution >= 4 is 29.0 Å². The number of rotatable bonds is 5. The molecule has 0 radical (unpaired) electrons. The molecule has 2 unspecified atom stereocenters. The average Bonchev–Trinajstić information content (AvgIpc) is 3.67. The lowest BCUT2D eigenvalue weighted by molar-refractivity contribution is -0.129. The molecule has 10 nitrogen and oxygen atoms in total. The number of carbonyl (C=O) groups is 2. The second-order valence-electron chi connectivity index (χ2n) is 11.6. The monoisotopic (exact) mass is 561 g/mol. The molecule has 3 aromatic heterocycles. The van der Waals surface area contributed by atoms with Crippen molar-refractivity contribution in [3.8, 4) is 0 Å². The van der Waals surface area contributed by atoms with Crippen LogP contribution in [0.1, 0.15) is 50.1 Å². The zero-order valence-corrected chi connectivity index (χ0v) is 23.1. The van der Waals surface area contributed by atoms with Crippen molar-refractivity contribution in [3.63, 3.8) is 0 Å². The number of hydrogen-bond acceptors (Lipinski definition) is 8. The molecule has 0 saturated carbocycles. The van der Waals surface area contributed by atoms with Crippen molar-refractivity contribution in [1.29, 1.82) is 0 Å². The lowest BCUT2D eigenvalue weighted by Gasteiger charge is -2.26. The number of ether oxygens (including phenoxy) is 2. The van der Waals surface area contributed by atoms with Gasteiger partial charge >= 0.3 is 6.09 Å². The molecule has 2 fully saturated rings. The summed E-state index contributed by atoms with van der Waals surface area (Å²) in [6.07, 6.45) is 7.09. The van der Waals surface area contributed by atoms with Gasteiger partial charge in [-0.15, -0.1) is 0 Å². The van der Waals surface area contributed by atoms with E-state index in [-0.39, 0.29) is 19.1 Å². The minimum absolute atomic E-state index is 0.105. The van der Waals surface area contributed by atoms with Crippen LogP contribution >= 0.6 is 0 Å². The Hall–Kier alpha value is -4.09. The van der Waals surface area contributed by atoms with Crippen LogP contribution in [0.5, 0.6) is 0 Å². The number of anilines is 1. The summed E-state index contributed by atoms with van der Waals surface area (Å²) in [7, 11) is 0. The Morgan fingerprint density at radius 1 is 1.27 bits per heavy atom. The van der Waals surface area contributed by atoms with E-state index in [1.165, 1.54) is 12.1 Å². The maximum Gasteiger partial charge on any atom is 0.417 e. The van der Waals surface area contributed by atoms with Gasteiger partial charge in [-0.3, -0.25) is 9.20 Å². The number of fused-ring (bicyclic) bond motifs is 2. The molecule has 214 valence electrons. The van der Waals surface area contributed by atoms with Crippen molar-refractivity contribution in [1.82, 2.24) is 19.3 Å². The molecule has 3 aromatic rings. The van der Waals surface area contributed by atoms with Crippen LogP contribution in [0.25, 0.3) is 11.2 Å². The van der Waals surface area contributed by atoms with Gasteiger partial charge in [0.25, 0.3) is 0 Å². The maximum atomic E-state index is 13.8. The number of aliphatic hydroxyl groups is 1. The van der Waals surface area contributed by atoms with Gasteiger partial charge < -0.3 is 19.9 Å². The third-order valence-electron chi connectivity index (χ3n) is 7.68. The minimum Gasteiger partial charge on any atom is -0.443 e. The Morgan fingerprint density at radius 2 is 2.10 bits per heavy atom. The fraction of sp³-hybridized carbons (Fsp3) is 0.400. The largest absolute Gasteiger partial charge is 0.443 e. The number of aromatic nitrogens is 3. The highest BCUT2D eigenvalue weighted by Crippen LogP contribution is 2.43. The average molecular weight is 562 g/mol. The van der Waals surface area contributed by atoms with Crippen LogP contribution in [0.3, 0.4) is 0 Å². The predicted octanol–water partition coefficient (Wildman–Crippen LogP) is 4.27. The number of hydrogen-bond donors (Lipinski definition) is 2. The lowest BCUT2D eigenvalue weighted by Crippen LogP contribution is -2.39. The number of likely N-dealkylation sites (tertiary alicyclic amines) is 1. The van der Waals surface area contributed by atoms with Gasteiger partial charge in [0, 0.05) is 42.9 Å². The summed E-state index contributed by atoms with van der Waals surface area (Å²) in [6, 6.07) is 6.45. The van der Waals surface area contributed by atoms with Crippen molar-refractivity contribution in [2.75, 3.05) is 25.1 Å². The Morgan fingerprint density at radius 3 is 2.83 bits per heavy atom. The van der Waals surface area contributed by atoms with E-state index >= 15 is 0 Å². The number of halogens is 1. The fourth-order valence-electron chi connectivity index (χ4n) is 5.82. The summed E-state index contributed by atoms with van der Waals surface area (Å²) in [5, 5.41) is 13.3. The number of imidazole rings is 1. The molecule has 5 heterocycles. The first kappa shape index (κ1) is 27.1. The first-order valence-corrected chi connectivity index (χ1v) is 13.7. The molecule has 6 rings (SSSR count). The first-order chi connectivity index (χ1) is 19.6. The smallest absolute Gasteiger partial charge is 0.417 e. The number of carbonyl (C=O) groups excluding carboxylic acids is 2. The Bertz CT molecular complexity index is 1580. The maximum absolute atomic E-state index is 13.8. The second kappa shape index (κ2) is 10.4. The van der Waals surface area contributed by atoms with E-state index < -0.39 is 35.3 Å². The molecule has 3 atom stereocenters. The van der Waals surface area contributed by atoms with Gasteiger partial charge in [0.15, 0.2) is 0 Å². The number of pyridine rings is 2. The van der Waals surface area contributed by atoms with Gasteiger partial charge in [-0.1, -0.05) is 12.1 Å². The quantitative estimate of drug-likeness (QED) is 0.474. The van der Waals surface area contributed by atoms with Gasteiger partial charge in [0.2, 0.25) is 5.91 Å². The highest BCUT2D eigenvalue weighted by Gasteiger charge is 2.49. The summed E-state index contributed by atoms with van der Waals surface area (Å²) >= 11 is 0. The molecule has 0 bridgehead atoms. The molecule has 3 aliphatic rings. The molecular formula is C30H32FN5O5. The number of imide groups is 1. The standard InChI is InChI=1S/C30H32FN5O5/c1-30(2,3)41-29(39)36-14-21-20(24-13-32-26-12-18(31)8-10-35(24)26)4-6-22(27(21)28(36)38)33-25-7-5-19(23(15-37)34-25)17-9-11-40-16-17/h4-8,10,12-13,17,21,27,37H,9,11,14-16H2,1-3H3,(H,33,34)/t17-,21?,27?/m1/s1. The Balaban J connectivity index is 1.37. The van der Waals surface area contributed by atoms with Crippen LogP contribution in [0.15, 0.2) is 54.5 Å². The fourth-order valence-corrected chi connectivity index (χ4v) is 5.82. The van der Waals surface area contributed by atoms with Crippen LogP contribution in [0.2, 0.25) is 0 Å². The summed E-state index contributed by atoms with van der Waals surface area (Å²) in [4.78, 5) is 37.0. The lowest BCUT2D eigenvalue weighted by atomic mass is 9.81. The van der Waals surface area contributed by atoms with Crippen LogP contribution in [0.4, 0.5) is 15.0 Å². The van der Waals surface area contributed by atoms with Crippen LogP contribution < -0.4 is 5.32 Å². The number of amides is 2. The van der Waals surface area contributed by atoms with Crippen LogP contribution in [-0.2, 0) is 20.9 Å². The zero-order valence-electron chi connectivity index (χ0n) is 23.1. The van der Waals surface area contributed by atoms with Gasteiger partial charge in [0.1, 0.15) is 22.9 Å². The van der Waals surface area contributed by atoms with Gasteiger partial charge in [0.05, 0.1) is 36.7 Å².